The van der Waals surface area contributed by atoms with Crippen LogP contribution >= 0.6 is 15.9 Å². The molecule has 6 heteroatoms. The molecule has 0 spiro atoms. The maximum absolute atomic E-state index is 10.2. The summed E-state index contributed by atoms with van der Waals surface area (Å²) in [6.07, 6.45) is 0. The highest BCUT2D eigenvalue weighted by Gasteiger charge is 2.06. The molecule has 0 radical (unpaired) electrons. The number of amides is 1. The van der Waals surface area contributed by atoms with Crippen molar-refractivity contribution < 1.29 is 4.79 Å². The first-order valence-corrected chi connectivity index (χ1v) is 2.89. The highest BCUT2D eigenvalue weighted by atomic mass is 79.9. The van der Waals surface area contributed by atoms with Crippen LogP contribution in [-0.2, 0) is 4.79 Å². The molecule has 0 aliphatic heterocycles. The molecule has 0 aliphatic carbocycles. The molecule has 0 rings (SSSR count). The Bertz CT molecular complexity index is 145. The standard InChI is InChI=1S/C3H5BrN4O/c1-6-8-7-2(4)3(5)9/h2H,1H2,(H2,5,9). The van der Waals surface area contributed by atoms with Crippen LogP contribution in [0.3, 0.4) is 0 Å². The second kappa shape index (κ2) is 4.13. The fourth-order valence-corrected chi connectivity index (χ4v) is 0.221. The molecule has 0 aromatic heterocycles. The lowest BCUT2D eigenvalue weighted by Gasteiger charge is -1.91. The van der Waals surface area contributed by atoms with Crippen LogP contribution in [0.1, 0.15) is 0 Å². The molecule has 0 fully saturated rings. The summed E-state index contributed by atoms with van der Waals surface area (Å²) in [6, 6.07) is 0. The Hall–Kier alpha value is -0.780. The molecule has 0 aliphatic rings. The number of nitrogens with zero attached hydrogens (tertiary/aromatic N) is 3. The Morgan fingerprint density at radius 3 is 2.67 bits per heavy atom. The Kier molecular flexibility index (Phi) is 3.78. The van der Waals surface area contributed by atoms with Gasteiger partial charge < -0.3 is 5.73 Å². The van der Waals surface area contributed by atoms with Crippen molar-refractivity contribution in [3.63, 3.8) is 0 Å². The van der Waals surface area contributed by atoms with E-state index in [9.17, 15) is 4.79 Å². The highest BCUT2D eigenvalue weighted by molar-refractivity contribution is 9.10. The van der Waals surface area contributed by atoms with Crippen molar-refractivity contribution in [3.05, 3.63) is 0 Å². The largest absolute Gasteiger partial charge is 0.367 e. The summed E-state index contributed by atoms with van der Waals surface area (Å²) in [5.74, 6) is -0.609. The molecular weight excluding hydrogens is 188 g/mol. The molecule has 0 aromatic rings. The van der Waals surface area contributed by atoms with Crippen molar-refractivity contribution in [2.24, 2.45) is 21.2 Å². The van der Waals surface area contributed by atoms with Gasteiger partial charge >= 0.3 is 0 Å². The third-order valence-electron chi connectivity index (χ3n) is 0.451. The van der Waals surface area contributed by atoms with Gasteiger partial charge in [-0.1, -0.05) is 15.9 Å². The van der Waals surface area contributed by atoms with Crippen molar-refractivity contribution in [1.82, 2.24) is 0 Å². The van der Waals surface area contributed by atoms with Gasteiger partial charge in [0, 0.05) is 6.72 Å². The molecule has 0 heterocycles. The Morgan fingerprint density at radius 1 is 1.78 bits per heavy atom. The van der Waals surface area contributed by atoms with E-state index in [1.807, 2.05) is 0 Å². The van der Waals surface area contributed by atoms with Crippen molar-refractivity contribution in [3.8, 4) is 0 Å². The molecule has 0 saturated carbocycles. The van der Waals surface area contributed by atoms with Crippen LogP contribution in [-0.4, -0.2) is 17.6 Å². The van der Waals surface area contributed by atoms with Gasteiger partial charge in [0.15, 0.2) is 0 Å². The van der Waals surface area contributed by atoms with Gasteiger partial charge in [0.2, 0.25) is 4.95 Å². The summed E-state index contributed by atoms with van der Waals surface area (Å²) in [4.78, 5) is 9.36. The van der Waals surface area contributed by atoms with Crippen LogP contribution in [0.15, 0.2) is 15.4 Å². The normalized spacial score (nSPS) is 13.4. The maximum atomic E-state index is 10.2. The van der Waals surface area contributed by atoms with Crippen molar-refractivity contribution >= 4 is 28.6 Å². The van der Waals surface area contributed by atoms with Gasteiger partial charge in [0.25, 0.3) is 5.91 Å². The lowest BCUT2D eigenvalue weighted by Crippen LogP contribution is -2.20. The molecule has 0 aromatic carbocycles. The van der Waals surface area contributed by atoms with Crippen LogP contribution < -0.4 is 5.73 Å². The zero-order chi connectivity index (χ0) is 7.28. The minimum atomic E-state index is -0.803. The first-order valence-electron chi connectivity index (χ1n) is 1.97. The van der Waals surface area contributed by atoms with Crippen molar-refractivity contribution in [2.75, 3.05) is 0 Å². The number of hydrogen-bond donors (Lipinski definition) is 1. The molecule has 9 heavy (non-hydrogen) atoms. The third-order valence-corrected chi connectivity index (χ3v) is 1.09. The SMILES string of the molecule is C=NN=NC(Br)C(N)=O. The van der Waals surface area contributed by atoms with Gasteiger partial charge in [-0.25, -0.2) is 0 Å². The summed E-state index contributed by atoms with van der Waals surface area (Å²) in [7, 11) is 0. The Balaban J connectivity index is 3.75. The van der Waals surface area contributed by atoms with E-state index in [2.05, 4.69) is 38.1 Å². The van der Waals surface area contributed by atoms with Gasteiger partial charge in [-0.2, -0.15) is 0 Å². The summed E-state index contributed by atoms with van der Waals surface area (Å²) in [5.41, 5.74) is 4.78. The number of primary amides is 1. The quantitative estimate of drug-likeness (QED) is 0.225. The van der Waals surface area contributed by atoms with E-state index in [4.69, 9.17) is 5.73 Å². The first kappa shape index (κ1) is 8.22. The summed E-state index contributed by atoms with van der Waals surface area (Å²) in [5, 5.41) is 9.39. The van der Waals surface area contributed by atoms with Crippen LogP contribution in [0.4, 0.5) is 0 Å². The van der Waals surface area contributed by atoms with Crippen LogP contribution in [0.5, 0.6) is 0 Å². The average Bonchev–Trinajstić information content (AvgIpc) is 1.82. The molecule has 1 amide bonds. The lowest BCUT2D eigenvalue weighted by atomic mass is 10.7. The zero-order valence-corrected chi connectivity index (χ0v) is 6.08. The van der Waals surface area contributed by atoms with Gasteiger partial charge in [0.1, 0.15) is 0 Å². The molecule has 1 atom stereocenters. The molecule has 0 bridgehead atoms. The average molecular weight is 193 g/mol. The minimum absolute atomic E-state index is 0.609. The predicted octanol–water partition coefficient (Wildman–Crippen LogP) is 0.261. The van der Waals surface area contributed by atoms with Crippen molar-refractivity contribution in [2.45, 2.75) is 4.95 Å². The summed E-state index contributed by atoms with van der Waals surface area (Å²) < 4.78 is 0. The van der Waals surface area contributed by atoms with Crippen LogP contribution in [0.2, 0.25) is 0 Å². The highest BCUT2D eigenvalue weighted by Crippen LogP contribution is 1.99. The van der Waals surface area contributed by atoms with E-state index in [1.54, 1.807) is 0 Å². The maximum Gasteiger partial charge on any atom is 0.255 e. The van der Waals surface area contributed by atoms with E-state index in [1.165, 1.54) is 0 Å². The second-order valence-electron chi connectivity index (χ2n) is 1.08. The van der Waals surface area contributed by atoms with Gasteiger partial charge in [-0.05, 0) is 5.22 Å². The Labute approximate surface area is 60.2 Å². The first-order chi connectivity index (χ1) is 4.18. The van der Waals surface area contributed by atoms with E-state index in [-0.39, 0.29) is 0 Å². The second-order valence-corrected chi connectivity index (χ2v) is 1.95. The monoisotopic (exact) mass is 192 g/mol. The lowest BCUT2D eigenvalue weighted by molar-refractivity contribution is -0.117. The van der Waals surface area contributed by atoms with Gasteiger partial charge in [-0.3, -0.25) is 4.79 Å². The molecule has 0 saturated heterocycles. The van der Waals surface area contributed by atoms with Crippen molar-refractivity contribution in [1.29, 1.82) is 0 Å². The predicted molar refractivity (Wildman–Crippen MR) is 36.3 cm³/mol. The number of carbonyl (C=O) groups is 1. The number of alkyl halides is 1. The number of halogens is 1. The van der Waals surface area contributed by atoms with E-state index >= 15 is 0 Å². The van der Waals surface area contributed by atoms with E-state index < -0.39 is 10.9 Å². The van der Waals surface area contributed by atoms with Crippen LogP contribution in [0, 0.1) is 0 Å². The van der Waals surface area contributed by atoms with Gasteiger partial charge in [0.05, 0.1) is 0 Å². The molecule has 2 N–H and O–H groups in total. The molecule has 5 nitrogen and oxygen atoms in total. The van der Waals surface area contributed by atoms with E-state index in [0.29, 0.717) is 0 Å². The number of hydrogen-bond acceptors (Lipinski definition) is 3. The fourth-order valence-electron chi connectivity index (χ4n) is 0.139. The molecule has 50 valence electrons. The number of carbonyl (C=O) groups excluding carboxylic acids is 1. The van der Waals surface area contributed by atoms with Gasteiger partial charge in [-0.15, -0.1) is 10.2 Å². The minimum Gasteiger partial charge on any atom is -0.367 e. The summed E-state index contributed by atoms with van der Waals surface area (Å²) >= 11 is 2.82. The zero-order valence-electron chi connectivity index (χ0n) is 4.49. The topological polar surface area (TPSA) is 80.2 Å². The summed E-state index contributed by atoms with van der Waals surface area (Å²) in [6.45, 7) is 3.01. The third kappa shape index (κ3) is 3.77. The van der Waals surface area contributed by atoms with E-state index in [0.717, 1.165) is 0 Å². The number of rotatable bonds is 3. The molecular formula is C3H5BrN4O. The molecule has 1 unspecified atom stereocenters. The van der Waals surface area contributed by atoms with Crippen LogP contribution in [0.25, 0.3) is 0 Å². The Morgan fingerprint density at radius 2 is 2.33 bits per heavy atom. The smallest absolute Gasteiger partial charge is 0.255 e. The fraction of sp³-hybridized carbons (Fsp3) is 0.333. The number of nitrogens with two attached hydrogens (primary N) is 1.